The van der Waals surface area contributed by atoms with Crippen LogP contribution in [0.5, 0.6) is 0 Å². The van der Waals surface area contributed by atoms with E-state index in [2.05, 4.69) is 10.3 Å². The monoisotopic (exact) mass is 277 g/mol. The molecule has 0 saturated carbocycles. The molecule has 1 atom stereocenters. The first kappa shape index (κ1) is 14.5. The number of carboxylic acids is 1. The van der Waals surface area contributed by atoms with Gasteiger partial charge in [0.25, 0.3) is 0 Å². The Bertz CT molecular complexity index is 458. The average Bonchev–Trinajstić information content (AvgIpc) is 2.46. The molecular weight excluding hydrogens is 258 g/mol. The number of rotatable bonds is 5. The molecule has 1 aromatic heterocycles. The lowest BCUT2D eigenvalue weighted by molar-refractivity contribution is -0.145. The van der Waals surface area contributed by atoms with Crippen LogP contribution in [0.25, 0.3) is 0 Å². The highest BCUT2D eigenvalue weighted by Crippen LogP contribution is 2.15. The number of carbonyl (C=O) groups excluding carboxylic acids is 1. The molecule has 0 bridgehead atoms. The van der Waals surface area contributed by atoms with Gasteiger partial charge < -0.3 is 10.4 Å². The maximum Gasteiger partial charge on any atom is 0.321 e. The molecule has 2 heterocycles. The Hall–Kier alpha value is -1.95. The van der Waals surface area contributed by atoms with Crippen LogP contribution in [0.1, 0.15) is 25.7 Å². The highest BCUT2D eigenvalue weighted by atomic mass is 16.4. The normalized spacial score (nSPS) is 17.4. The highest BCUT2D eigenvalue weighted by molar-refractivity contribution is 5.93. The third-order valence-electron chi connectivity index (χ3n) is 3.44. The van der Waals surface area contributed by atoms with E-state index < -0.39 is 12.0 Å². The van der Waals surface area contributed by atoms with E-state index in [0.717, 1.165) is 32.4 Å². The molecule has 6 nitrogen and oxygen atoms in total. The van der Waals surface area contributed by atoms with Crippen molar-refractivity contribution in [2.75, 3.05) is 18.4 Å². The summed E-state index contributed by atoms with van der Waals surface area (Å²) in [6.45, 7) is 1.49. The number of piperidine rings is 1. The molecule has 1 aromatic rings. The number of pyridine rings is 1. The van der Waals surface area contributed by atoms with Crippen molar-refractivity contribution in [2.24, 2.45) is 0 Å². The van der Waals surface area contributed by atoms with Gasteiger partial charge in [0.05, 0.1) is 18.3 Å². The van der Waals surface area contributed by atoms with Gasteiger partial charge in [0, 0.05) is 6.20 Å². The number of hydrogen-bond acceptors (Lipinski definition) is 4. The number of carbonyl (C=O) groups is 2. The summed E-state index contributed by atoms with van der Waals surface area (Å²) >= 11 is 0. The molecule has 6 heteroatoms. The average molecular weight is 277 g/mol. The summed E-state index contributed by atoms with van der Waals surface area (Å²) in [5.41, 5.74) is 0.584. The minimum absolute atomic E-state index is 0.0375. The molecular formula is C14H19N3O3. The third kappa shape index (κ3) is 4.03. The van der Waals surface area contributed by atoms with Crippen molar-refractivity contribution in [2.45, 2.75) is 31.7 Å². The molecule has 0 aromatic carbocycles. The standard InChI is InChI=1S/C14H19N3O3/c18-13(16-11-5-4-6-15-10-11)9-12(14(19)20)17-7-2-1-3-8-17/h4-6,10,12H,1-3,7-9H2,(H,16,18)(H,19,20). The van der Waals surface area contributed by atoms with E-state index in [1.165, 1.54) is 6.20 Å². The fraction of sp³-hybridized carbons (Fsp3) is 0.500. The summed E-state index contributed by atoms with van der Waals surface area (Å²) in [5, 5.41) is 12.0. The topological polar surface area (TPSA) is 82.5 Å². The fourth-order valence-corrected chi connectivity index (χ4v) is 2.43. The van der Waals surface area contributed by atoms with E-state index in [-0.39, 0.29) is 12.3 Å². The van der Waals surface area contributed by atoms with E-state index in [0.29, 0.717) is 5.69 Å². The van der Waals surface area contributed by atoms with E-state index >= 15 is 0 Å². The summed E-state index contributed by atoms with van der Waals surface area (Å²) in [6, 6.07) is 2.70. The Morgan fingerprint density at radius 2 is 2.10 bits per heavy atom. The van der Waals surface area contributed by atoms with E-state index in [1.54, 1.807) is 18.3 Å². The number of anilines is 1. The van der Waals surface area contributed by atoms with Crippen LogP contribution < -0.4 is 5.32 Å². The van der Waals surface area contributed by atoms with Crippen LogP contribution in [0.4, 0.5) is 5.69 Å². The van der Waals surface area contributed by atoms with Crippen molar-refractivity contribution in [3.8, 4) is 0 Å². The summed E-state index contributed by atoms with van der Waals surface area (Å²) in [5.74, 6) is -1.23. The van der Waals surface area contributed by atoms with Crippen LogP contribution in [-0.2, 0) is 9.59 Å². The number of aliphatic carboxylic acids is 1. The minimum Gasteiger partial charge on any atom is -0.480 e. The van der Waals surface area contributed by atoms with Crippen molar-refractivity contribution in [3.05, 3.63) is 24.5 Å². The first-order valence-corrected chi connectivity index (χ1v) is 6.83. The van der Waals surface area contributed by atoms with Gasteiger partial charge in [0.2, 0.25) is 5.91 Å². The second-order valence-corrected chi connectivity index (χ2v) is 4.94. The smallest absolute Gasteiger partial charge is 0.321 e. The molecule has 2 rings (SSSR count). The number of carboxylic acid groups (broad SMARTS) is 1. The van der Waals surface area contributed by atoms with Crippen molar-refractivity contribution in [3.63, 3.8) is 0 Å². The quantitative estimate of drug-likeness (QED) is 0.849. The first-order chi connectivity index (χ1) is 9.66. The lowest BCUT2D eigenvalue weighted by atomic mass is 10.1. The van der Waals surface area contributed by atoms with Crippen LogP contribution in [0.2, 0.25) is 0 Å². The van der Waals surface area contributed by atoms with E-state index in [4.69, 9.17) is 0 Å². The maximum absolute atomic E-state index is 11.9. The molecule has 1 amide bonds. The van der Waals surface area contributed by atoms with Gasteiger partial charge in [-0.15, -0.1) is 0 Å². The van der Waals surface area contributed by atoms with Gasteiger partial charge in [-0.05, 0) is 38.1 Å². The summed E-state index contributed by atoms with van der Waals surface area (Å²) in [4.78, 5) is 29.1. The van der Waals surface area contributed by atoms with Crippen LogP contribution in [-0.4, -0.2) is 46.0 Å². The number of nitrogens with one attached hydrogen (secondary N) is 1. The van der Waals surface area contributed by atoms with Crippen LogP contribution in [0, 0.1) is 0 Å². The van der Waals surface area contributed by atoms with Gasteiger partial charge in [-0.2, -0.15) is 0 Å². The predicted octanol–water partition coefficient (Wildman–Crippen LogP) is 1.35. The Morgan fingerprint density at radius 3 is 2.70 bits per heavy atom. The van der Waals surface area contributed by atoms with Crippen molar-refractivity contribution >= 4 is 17.6 Å². The fourth-order valence-electron chi connectivity index (χ4n) is 2.43. The molecule has 1 aliphatic rings. The van der Waals surface area contributed by atoms with Gasteiger partial charge in [-0.1, -0.05) is 6.42 Å². The summed E-state index contributed by atoms with van der Waals surface area (Å²) < 4.78 is 0. The number of hydrogen-bond donors (Lipinski definition) is 2. The van der Waals surface area contributed by atoms with E-state index in [9.17, 15) is 14.7 Å². The summed E-state index contributed by atoms with van der Waals surface area (Å²) in [7, 11) is 0. The Morgan fingerprint density at radius 1 is 1.35 bits per heavy atom. The summed E-state index contributed by atoms with van der Waals surface area (Å²) in [6.07, 6.45) is 6.23. The number of nitrogens with zero attached hydrogens (tertiary/aromatic N) is 2. The first-order valence-electron chi connectivity index (χ1n) is 6.83. The lowest BCUT2D eigenvalue weighted by Gasteiger charge is -2.31. The van der Waals surface area contributed by atoms with Gasteiger partial charge in [-0.25, -0.2) is 0 Å². The zero-order valence-electron chi connectivity index (χ0n) is 11.3. The second kappa shape index (κ2) is 7.00. The third-order valence-corrected chi connectivity index (χ3v) is 3.44. The van der Waals surface area contributed by atoms with Gasteiger partial charge in [-0.3, -0.25) is 19.5 Å². The second-order valence-electron chi connectivity index (χ2n) is 4.94. The molecule has 2 N–H and O–H groups in total. The van der Waals surface area contributed by atoms with Crippen LogP contribution >= 0.6 is 0 Å². The Kier molecular flexibility index (Phi) is 5.06. The lowest BCUT2D eigenvalue weighted by Crippen LogP contribution is -2.45. The van der Waals surface area contributed by atoms with E-state index in [1.807, 2.05) is 4.90 Å². The number of aromatic nitrogens is 1. The maximum atomic E-state index is 11.9. The van der Waals surface area contributed by atoms with Gasteiger partial charge >= 0.3 is 5.97 Å². The Balaban J connectivity index is 1.93. The van der Waals surface area contributed by atoms with Gasteiger partial charge in [0.1, 0.15) is 6.04 Å². The largest absolute Gasteiger partial charge is 0.480 e. The van der Waals surface area contributed by atoms with Gasteiger partial charge in [0.15, 0.2) is 0 Å². The molecule has 1 unspecified atom stereocenters. The van der Waals surface area contributed by atoms with Crippen molar-refractivity contribution in [1.29, 1.82) is 0 Å². The highest BCUT2D eigenvalue weighted by Gasteiger charge is 2.29. The minimum atomic E-state index is -0.937. The molecule has 1 aliphatic heterocycles. The zero-order valence-corrected chi connectivity index (χ0v) is 11.3. The molecule has 0 aliphatic carbocycles. The zero-order chi connectivity index (χ0) is 14.4. The SMILES string of the molecule is O=C(CC(C(=O)O)N1CCCCC1)Nc1cccnc1. The number of likely N-dealkylation sites (tertiary alicyclic amines) is 1. The molecule has 108 valence electrons. The molecule has 0 radical (unpaired) electrons. The van der Waals surface area contributed by atoms with Crippen LogP contribution in [0.3, 0.4) is 0 Å². The van der Waals surface area contributed by atoms with Crippen molar-refractivity contribution < 1.29 is 14.7 Å². The molecule has 1 saturated heterocycles. The molecule has 20 heavy (non-hydrogen) atoms. The Labute approximate surface area is 117 Å². The van der Waals surface area contributed by atoms with Crippen LogP contribution in [0.15, 0.2) is 24.5 Å². The molecule has 1 fully saturated rings. The molecule has 0 spiro atoms. The van der Waals surface area contributed by atoms with Crippen molar-refractivity contribution in [1.82, 2.24) is 9.88 Å². The predicted molar refractivity (Wildman–Crippen MR) is 74.3 cm³/mol. The number of amides is 1.